The molecule has 1 saturated heterocycles. The number of halogens is 2. The van der Waals surface area contributed by atoms with Crippen molar-refractivity contribution in [1.29, 1.82) is 0 Å². The molecule has 6 nitrogen and oxygen atoms in total. The molecule has 0 saturated carbocycles. The van der Waals surface area contributed by atoms with Gasteiger partial charge in [0, 0.05) is 16.6 Å². The Morgan fingerprint density at radius 3 is 2.46 bits per heavy atom. The van der Waals surface area contributed by atoms with E-state index in [2.05, 4.69) is 10.6 Å². The summed E-state index contributed by atoms with van der Waals surface area (Å²) in [5.41, 5.74) is 1.18. The molecular weight excluding hydrogens is 401 g/mol. The van der Waals surface area contributed by atoms with Gasteiger partial charge >= 0.3 is 6.03 Å². The van der Waals surface area contributed by atoms with E-state index in [-0.39, 0.29) is 13.1 Å². The number of imide groups is 1. The van der Waals surface area contributed by atoms with Crippen molar-refractivity contribution in [2.75, 3.05) is 6.54 Å². The Morgan fingerprint density at radius 2 is 1.82 bits per heavy atom. The zero-order valence-electron chi connectivity index (χ0n) is 15.4. The molecule has 3 rings (SSSR count). The van der Waals surface area contributed by atoms with Crippen molar-refractivity contribution in [2.24, 2.45) is 0 Å². The Labute approximate surface area is 172 Å². The number of hydrogen-bond acceptors (Lipinski definition) is 3. The first-order valence-corrected chi connectivity index (χ1v) is 9.38. The number of hydrogen-bond donors (Lipinski definition) is 2. The highest BCUT2D eigenvalue weighted by atomic mass is 35.5. The Morgan fingerprint density at radius 1 is 1.14 bits per heavy atom. The summed E-state index contributed by atoms with van der Waals surface area (Å²) in [6.45, 7) is 3.35. The van der Waals surface area contributed by atoms with Gasteiger partial charge in [-0.3, -0.25) is 14.5 Å². The monoisotopic (exact) mass is 419 g/mol. The molecule has 1 aliphatic rings. The average Bonchev–Trinajstić information content (AvgIpc) is 2.85. The lowest BCUT2D eigenvalue weighted by molar-refractivity contribution is -0.134. The van der Waals surface area contributed by atoms with E-state index < -0.39 is 23.4 Å². The van der Waals surface area contributed by atoms with Gasteiger partial charge in [-0.1, -0.05) is 59.1 Å². The molecule has 0 aliphatic carbocycles. The smallest absolute Gasteiger partial charge is 0.325 e. The normalized spacial score (nSPS) is 18.9. The number of nitrogens with one attached hydrogen (secondary N) is 2. The standard InChI is InChI=1S/C20H19Cl2N3O3/c1-12-3-6-14(7-4-12)20(2)18(27)25(19(28)24-20)11-17(26)23-10-13-5-8-15(21)9-16(13)22/h3-9H,10-11H2,1-2H3,(H,23,26)(H,24,28)/t20-/m1/s1. The number of rotatable bonds is 5. The van der Waals surface area contributed by atoms with Crippen molar-refractivity contribution in [3.05, 3.63) is 69.2 Å². The van der Waals surface area contributed by atoms with Crippen LogP contribution in [0, 0.1) is 6.92 Å². The van der Waals surface area contributed by atoms with E-state index in [1.54, 1.807) is 37.3 Å². The topological polar surface area (TPSA) is 78.5 Å². The minimum atomic E-state index is -1.20. The van der Waals surface area contributed by atoms with Gasteiger partial charge in [0.05, 0.1) is 0 Å². The first kappa shape index (κ1) is 20.2. The molecule has 1 fully saturated rings. The van der Waals surface area contributed by atoms with Gasteiger partial charge in [0.25, 0.3) is 5.91 Å². The molecule has 28 heavy (non-hydrogen) atoms. The van der Waals surface area contributed by atoms with Crippen LogP contribution >= 0.6 is 23.2 Å². The molecule has 1 atom stereocenters. The summed E-state index contributed by atoms with van der Waals surface area (Å²) in [6, 6.07) is 11.7. The van der Waals surface area contributed by atoms with Gasteiger partial charge in [0.2, 0.25) is 5.91 Å². The second-order valence-electron chi connectivity index (χ2n) is 6.82. The van der Waals surface area contributed by atoms with Crippen LogP contribution in [-0.4, -0.2) is 29.3 Å². The van der Waals surface area contributed by atoms with Gasteiger partial charge in [-0.05, 0) is 37.1 Å². The summed E-state index contributed by atoms with van der Waals surface area (Å²) < 4.78 is 0. The number of urea groups is 1. The van der Waals surface area contributed by atoms with Gasteiger partial charge in [-0.25, -0.2) is 4.79 Å². The molecule has 0 aromatic heterocycles. The van der Waals surface area contributed by atoms with E-state index in [0.29, 0.717) is 21.2 Å². The zero-order valence-corrected chi connectivity index (χ0v) is 16.9. The molecule has 8 heteroatoms. The van der Waals surface area contributed by atoms with Crippen LogP contribution in [0.2, 0.25) is 10.0 Å². The Bertz CT molecular complexity index is 946. The molecule has 1 aliphatic heterocycles. The van der Waals surface area contributed by atoms with Crippen molar-refractivity contribution in [1.82, 2.24) is 15.5 Å². The summed E-state index contributed by atoms with van der Waals surface area (Å²) in [5.74, 6) is -0.941. The molecule has 4 amide bonds. The van der Waals surface area contributed by atoms with E-state index in [1.165, 1.54) is 0 Å². The van der Waals surface area contributed by atoms with Gasteiger partial charge in [0.15, 0.2) is 0 Å². The largest absolute Gasteiger partial charge is 0.350 e. The van der Waals surface area contributed by atoms with E-state index in [4.69, 9.17) is 23.2 Å². The molecule has 0 unspecified atom stereocenters. The number of amides is 4. The maximum atomic E-state index is 12.9. The van der Waals surface area contributed by atoms with Crippen molar-refractivity contribution in [3.8, 4) is 0 Å². The first-order valence-electron chi connectivity index (χ1n) is 8.62. The molecule has 0 bridgehead atoms. The van der Waals surface area contributed by atoms with Crippen LogP contribution in [0.25, 0.3) is 0 Å². The molecule has 0 spiro atoms. The quantitative estimate of drug-likeness (QED) is 0.728. The fraction of sp³-hybridized carbons (Fsp3) is 0.250. The minimum Gasteiger partial charge on any atom is -0.350 e. The van der Waals surface area contributed by atoms with Crippen molar-refractivity contribution in [2.45, 2.75) is 25.9 Å². The van der Waals surface area contributed by atoms with Gasteiger partial charge < -0.3 is 10.6 Å². The summed E-state index contributed by atoms with van der Waals surface area (Å²) >= 11 is 11.9. The number of aryl methyl sites for hydroxylation is 1. The van der Waals surface area contributed by atoms with E-state index in [0.717, 1.165) is 10.5 Å². The second-order valence-corrected chi connectivity index (χ2v) is 7.67. The average molecular weight is 420 g/mol. The molecule has 2 N–H and O–H groups in total. The highest BCUT2D eigenvalue weighted by Crippen LogP contribution is 2.29. The van der Waals surface area contributed by atoms with Crippen LogP contribution in [0.5, 0.6) is 0 Å². The number of carbonyl (C=O) groups is 3. The van der Waals surface area contributed by atoms with Crippen LogP contribution < -0.4 is 10.6 Å². The number of benzene rings is 2. The van der Waals surface area contributed by atoms with Crippen molar-refractivity contribution < 1.29 is 14.4 Å². The predicted molar refractivity (Wildman–Crippen MR) is 107 cm³/mol. The summed E-state index contributed by atoms with van der Waals surface area (Å²) in [7, 11) is 0. The summed E-state index contributed by atoms with van der Waals surface area (Å²) in [5, 5.41) is 6.26. The molecule has 146 valence electrons. The van der Waals surface area contributed by atoms with Gasteiger partial charge in [-0.2, -0.15) is 0 Å². The zero-order chi connectivity index (χ0) is 20.5. The lowest BCUT2D eigenvalue weighted by atomic mass is 9.91. The van der Waals surface area contributed by atoms with Gasteiger partial charge in [0.1, 0.15) is 12.1 Å². The van der Waals surface area contributed by atoms with Gasteiger partial charge in [-0.15, -0.1) is 0 Å². The second kappa shape index (κ2) is 7.81. The Kier molecular flexibility index (Phi) is 5.63. The predicted octanol–water partition coefficient (Wildman–Crippen LogP) is 3.39. The Balaban J connectivity index is 1.66. The number of nitrogens with zero attached hydrogens (tertiary/aromatic N) is 1. The Hall–Kier alpha value is -2.57. The molecule has 2 aromatic carbocycles. The third kappa shape index (κ3) is 3.98. The first-order chi connectivity index (χ1) is 13.2. The fourth-order valence-electron chi connectivity index (χ4n) is 2.98. The SMILES string of the molecule is Cc1ccc([C@@]2(C)NC(=O)N(CC(=O)NCc3ccc(Cl)cc3Cl)C2=O)cc1. The van der Waals surface area contributed by atoms with Crippen LogP contribution in [0.4, 0.5) is 4.79 Å². The van der Waals surface area contributed by atoms with Crippen molar-refractivity contribution in [3.63, 3.8) is 0 Å². The summed E-state index contributed by atoms with van der Waals surface area (Å²) in [4.78, 5) is 38.4. The van der Waals surface area contributed by atoms with Crippen LogP contribution in [0.15, 0.2) is 42.5 Å². The maximum Gasteiger partial charge on any atom is 0.325 e. The van der Waals surface area contributed by atoms with Crippen LogP contribution in [-0.2, 0) is 21.7 Å². The van der Waals surface area contributed by atoms with Crippen molar-refractivity contribution >= 4 is 41.0 Å². The van der Waals surface area contributed by atoms with E-state index >= 15 is 0 Å². The third-order valence-electron chi connectivity index (χ3n) is 4.70. The fourth-order valence-corrected chi connectivity index (χ4v) is 3.46. The molecule has 2 aromatic rings. The van der Waals surface area contributed by atoms with Crippen LogP contribution in [0.3, 0.4) is 0 Å². The molecule has 1 heterocycles. The third-order valence-corrected chi connectivity index (χ3v) is 5.28. The lowest BCUT2D eigenvalue weighted by Gasteiger charge is -2.22. The van der Waals surface area contributed by atoms with E-state index in [1.807, 2.05) is 19.1 Å². The highest BCUT2D eigenvalue weighted by Gasteiger charge is 2.49. The number of carbonyl (C=O) groups excluding carboxylic acids is 3. The van der Waals surface area contributed by atoms with Crippen LogP contribution in [0.1, 0.15) is 23.6 Å². The van der Waals surface area contributed by atoms with E-state index in [9.17, 15) is 14.4 Å². The molecular formula is C20H19Cl2N3O3. The highest BCUT2D eigenvalue weighted by molar-refractivity contribution is 6.35. The summed E-state index contributed by atoms with van der Waals surface area (Å²) in [6.07, 6.45) is 0. The maximum absolute atomic E-state index is 12.9. The molecule has 0 radical (unpaired) electrons. The minimum absolute atomic E-state index is 0.160. The lowest BCUT2D eigenvalue weighted by Crippen LogP contribution is -2.43.